The molecule has 0 radical (unpaired) electrons. The molecule has 0 saturated carbocycles. The summed E-state index contributed by atoms with van der Waals surface area (Å²) in [6.45, 7) is 3.12. The van der Waals surface area contributed by atoms with Gasteiger partial charge in [-0.2, -0.15) is 0 Å². The molecule has 6 nitrogen and oxygen atoms in total. The number of hydrogen-bond acceptors (Lipinski definition) is 4. The van der Waals surface area contributed by atoms with Gasteiger partial charge in [-0.15, -0.1) is 0 Å². The van der Waals surface area contributed by atoms with Crippen LogP contribution in [0, 0.1) is 0 Å². The normalized spacial score (nSPS) is 16.5. The number of pyridine rings is 1. The Morgan fingerprint density at radius 1 is 1.17 bits per heavy atom. The van der Waals surface area contributed by atoms with Crippen LogP contribution in [0.15, 0.2) is 47.3 Å². The number of aromatic nitrogens is 1. The van der Waals surface area contributed by atoms with Gasteiger partial charge in [0.25, 0.3) is 0 Å². The van der Waals surface area contributed by atoms with Crippen LogP contribution in [-0.4, -0.2) is 35.5 Å². The second-order valence-corrected chi connectivity index (χ2v) is 6.05. The highest BCUT2D eigenvalue weighted by Crippen LogP contribution is 2.24. The first-order valence-electron chi connectivity index (χ1n) is 8.51. The largest absolute Gasteiger partial charge is 0.468 e. The van der Waals surface area contributed by atoms with E-state index in [1.54, 1.807) is 18.7 Å². The lowest BCUT2D eigenvalue weighted by Crippen LogP contribution is -2.43. The maximum atomic E-state index is 12.1. The SMILES string of the molecule is O=C(NCc1ccncc1)NCC(c1ccco1)N1CCCCC1. The molecule has 2 amide bonds. The van der Waals surface area contributed by atoms with Crippen LogP contribution in [0.3, 0.4) is 0 Å². The number of urea groups is 1. The van der Waals surface area contributed by atoms with E-state index in [0.717, 1.165) is 24.4 Å². The van der Waals surface area contributed by atoms with E-state index in [4.69, 9.17) is 4.42 Å². The Bertz CT molecular complexity index is 609. The summed E-state index contributed by atoms with van der Waals surface area (Å²) in [5, 5.41) is 5.85. The standard InChI is InChI=1S/C18H24N4O2/c23-18(20-13-15-6-8-19-9-7-15)21-14-16(17-5-4-12-24-17)22-10-2-1-3-11-22/h4-9,12,16H,1-3,10-11,13-14H2,(H2,20,21,23). The number of carbonyl (C=O) groups excluding carboxylic acids is 1. The molecule has 2 aromatic heterocycles. The van der Waals surface area contributed by atoms with Gasteiger partial charge >= 0.3 is 6.03 Å². The van der Waals surface area contributed by atoms with Gasteiger partial charge < -0.3 is 15.1 Å². The van der Waals surface area contributed by atoms with Gasteiger partial charge in [0.15, 0.2) is 0 Å². The molecule has 6 heteroatoms. The number of hydrogen-bond donors (Lipinski definition) is 2. The Morgan fingerprint density at radius 3 is 2.67 bits per heavy atom. The van der Waals surface area contributed by atoms with Crippen molar-refractivity contribution in [2.24, 2.45) is 0 Å². The molecule has 1 atom stereocenters. The summed E-state index contributed by atoms with van der Waals surface area (Å²) in [7, 11) is 0. The van der Waals surface area contributed by atoms with Crippen LogP contribution in [0.5, 0.6) is 0 Å². The van der Waals surface area contributed by atoms with E-state index in [1.165, 1.54) is 19.3 Å². The van der Waals surface area contributed by atoms with Crippen LogP contribution in [0.1, 0.15) is 36.6 Å². The third kappa shape index (κ3) is 4.58. The third-order valence-corrected chi connectivity index (χ3v) is 4.36. The van der Waals surface area contributed by atoms with Gasteiger partial charge in [0.2, 0.25) is 0 Å². The zero-order valence-electron chi connectivity index (χ0n) is 13.8. The first-order chi connectivity index (χ1) is 11.8. The molecule has 1 saturated heterocycles. The van der Waals surface area contributed by atoms with Crippen molar-refractivity contribution < 1.29 is 9.21 Å². The summed E-state index contributed by atoms with van der Waals surface area (Å²) in [5.74, 6) is 0.909. The molecule has 0 bridgehead atoms. The lowest BCUT2D eigenvalue weighted by atomic mass is 10.1. The Balaban J connectivity index is 1.52. The van der Waals surface area contributed by atoms with Crippen molar-refractivity contribution in [3.63, 3.8) is 0 Å². The van der Waals surface area contributed by atoms with Gasteiger partial charge in [-0.1, -0.05) is 6.42 Å². The minimum absolute atomic E-state index is 0.0898. The zero-order valence-corrected chi connectivity index (χ0v) is 13.8. The van der Waals surface area contributed by atoms with Crippen LogP contribution in [0.2, 0.25) is 0 Å². The van der Waals surface area contributed by atoms with Gasteiger partial charge in [-0.25, -0.2) is 4.79 Å². The van der Waals surface area contributed by atoms with Crippen LogP contribution in [0.4, 0.5) is 4.79 Å². The quantitative estimate of drug-likeness (QED) is 0.855. The predicted molar refractivity (Wildman–Crippen MR) is 91.3 cm³/mol. The molecule has 24 heavy (non-hydrogen) atoms. The molecule has 1 unspecified atom stereocenters. The molecule has 1 aliphatic rings. The van der Waals surface area contributed by atoms with Crippen LogP contribution >= 0.6 is 0 Å². The molecule has 3 heterocycles. The van der Waals surface area contributed by atoms with Gasteiger partial charge in [0.1, 0.15) is 5.76 Å². The van der Waals surface area contributed by atoms with Crippen molar-refractivity contribution >= 4 is 6.03 Å². The van der Waals surface area contributed by atoms with Crippen molar-refractivity contribution in [2.75, 3.05) is 19.6 Å². The second kappa shape index (κ2) is 8.49. The summed E-state index contributed by atoms with van der Waals surface area (Å²) in [5.41, 5.74) is 1.03. The number of rotatable bonds is 6. The second-order valence-electron chi connectivity index (χ2n) is 6.05. The number of nitrogens with zero attached hydrogens (tertiary/aromatic N) is 2. The average molecular weight is 328 g/mol. The van der Waals surface area contributed by atoms with Crippen molar-refractivity contribution in [3.8, 4) is 0 Å². The predicted octanol–water partition coefficient (Wildman–Crippen LogP) is 2.70. The average Bonchev–Trinajstić information content (AvgIpc) is 3.16. The van der Waals surface area contributed by atoms with Crippen LogP contribution < -0.4 is 10.6 Å². The molecule has 2 aromatic rings. The third-order valence-electron chi connectivity index (χ3n) is 4.36. The van der Waals surface area contributed by atoms with Crippen molar-refractivity contribution in [1.82, 2.24) is 20.5 Å². The fraction of sp³-hybridized carbons (Fsp3) is 0.444. The molecular weight excluding hydrogens is 304 g/mol. The fourth-order valence-electron chi connectivity index (χ4n) is 3.06. The summed E-state index contributed by atoms with van der Waals surface area (Å²) in [6, 6.07) is 7.58. The van der Waals surface area contributed by atoms with Crippen molar-refractivity contribution in [2.45, 2.75) is 31.8 Å². The molecule has 128 valence electrons. The molecular formula is C18H24N4O2. The van der Waals surface area contributed by atoms with E-state index >= 15 is 0 Å². The molecule has 0 aromatic carbocycles. The number of carbonyl (C=O) groups is 1. The van der Waals surface area contributed by atoms with E-state index in [0.29, 0.717) is 13.1 Å². The summed E-state index contributed by atoms with van der Waals surface area (Å²) in [4.78, 5) is 18.4. The van der Waals surface area contributed by atoms with Gasteiger partial charge in [-0.3, -0.25) is 9.88 Å². The van der Waals surface area contributed by atoms with E-state index < -0.39 is 0 Å². The van der Waals surface area contributed by atoms with E-state index in [-0.39, 0.29) is 12.1 Å². The monoisotopic (exact) mass is 328 g/mol. The van der Waals surface area contributed by atoms with Gasteiger partial charge in [0.05, 0.1) is 12.3 Å². The van der Waals surface area contributed by atoms with Gasteiger partial charge in [-0.05, 0) is 55.8 Å². The number of furan rings is 1. The molecule has 0 spiro atoms. The van der Waals surface area contributed by atoms with Crippen molar-refractivity contribution in [3.05, 3.63) is 54.2 Å². The molecule has 1 fully saturated rings. The molecule has 3 rings (SSSR count). The number of nitrogens with one attached hydrogen (secondary N) is 2. The van der Waals surface area contributed by atoms with E-state index in [9.17, 15) is 4.79 Å². The van der Waals surface area contributed by atoms with E-state index in [1.807, 2.05) is 24.3 Å². The number of amides is 2. The minimum Gasteiger partial charge on any atom is -0.468 e. The lowest BCUT2D eigenvalue weighted by Gasteiger charge is -2.33. The maximum Gasteiger partial charge on any atom is 0.315 e. The molecule has 0 aliphatic carbocycles. The first-order valence-corrected chi connectivity index (χ1v) is 8.51. The van der Waals surface area contributed by atoms with Crippen LogP contribution in [0.25, 0.3) is 0 Å². The smallest absolute Gasteiger partial charge is 0.315 e. The first kappa shape index (κ1) is 16.5. The van der Waals surface area contributed by atoms with Crippen molar-refractivity contribution in [1.29, 1.82) is 0 Å². The highest BCUT2D eigenvalue weighted by molar-refractivity contribution is 5.73. The Kier molecular flexibility index (Phi) is 5.85. The summed E-state index contributed by atoms with van der Waals surface area (Å²) in [6.07, 6.45) is 8.81. The summed E-state index contributed by atoms with van der Waals surface area (Å²) < 4.78 is 5.59. The van der Waals surface area contributed by atoms with Gasteiger partial charge in [0, 0.05) is 25.5 Å². The lowest BCUT2D eigenvalue weighted by molar-refractivity contribution is 0.143. The number of piperidine rings is 1. The highest BCUT2D eigenvalue weighted by Gasteiger charge is 2.24. The highest BCUT2D eigenvalue weighted by atomic mass is 16.3. The Hall–Kier alpha value is -2.34. The zero-order chi connectivity index (χ0) is 16.6. The minimum atomic E-state index is -0.166. The molecule has 1 aliphatic heterocycles. The topological polar surface area (TPSA) is 70.4 Å². The Morgan fingerprint density at radius 2 is 1.96 bits per heavy atom. The van der Waals surface area contributed by atoms with Crippen LogP contribution in [-0.2, 0) is 6.54 Å². The molecule has 2 N–H and O–H groups in total. The van der Waals surface area contributed by atoms with E-state index in [2.05, 4.69) is 20.5 Å². The maximum absolute atomic E-state index is 12.1. The fourth-order valence-corrected chi connectivity index (χ4v) is 3.06. The number of likely N-dealkylation sites (tertiary alicyclic amines) is 1. The summed E-state index contributed by atoms with van der Waals surface area (Å²) >= 11 is 0. The Labute approximate surface area is 142 Å².